The summed E-state index contributed by atoms with van der Waals surface area (Å²) in [7, 11) is 2.80. The van der Waals surface area contributed by atoms with Crippen LogP contribution >= 0.6 is 11.8 Å². The predicted octanol–water partition coefficient (Wildman–Crippen LogP) is 0.342. The Balaban J connectivity index is 2.52. The number of carbonyl (C=O) groups excluding carboxylic acids is 4. The SMILES string of the molecule is COC(=O)CCNC(=O)C(CCSC)NC(=O)CNC(=O)c1ccc(OC)cc1. The van der Waals surface area contributed by atoms with Crippen LogP contribution in [0.15, 0.2) is 24.3 Å². The van der Waals surface area contributed by atoms with Crippen LogP contribution in [0.25, 0.3) is 0 Å². The number of carbonyl (C=O) groups is 4. The summed E-state index contributed by atoms with van der Waals surface area (Å²) >= 11 is 1.54. The van der Waals surface area contributed by atoms with E-state index in [2.05, 4.69) is 20.7 Å². The van der Waals surface area contributed by atoms with Crippen LogP contribution in [0.5, 0.6) is 5.75 Å². The Morgan fingerprint density at radius 3 is 2.34 bits per heavy atom. The fourth-order valence-electron chi connectivity index (χ4n) is 2.27. The average molecular weight is 426 g/mol. The smallest absolute Gasteiger partial charge is 0.307 e. The van der Waals surface area contributed by atoms with Gasteiger partial charge in [-0.3, -0.25) is 19.2 Å². The Morgan fingerprint density at radius 1 is 1.07 bits per heavy atom. The molecule has 0 saturated heterocycles. The molecule has 1 atom stereocenters. The zero-order valence-corrected chi connectivity index (χ0v) is 17.6. The van der Waals surface area contributed by atoms with Gasteiger partial charge in [-0.15, -0.1) is 0 Å². The van der Waals surface area contributed by atoms with Gasteiger partial charge in [-0.25, -0.2) is 0 Å². The van der Waals surface area contributed by atoms with Gasteiger partial charge in [0.25, 0.3) is 5.91 Å². The van der Waals surface area contributed by atoms with Crippen LogP contribution < -0.4 is 20.7 Å². The quantitative estimate of drug-likeness (QED) is 0.413. The minimum absolute atomic E-state index is 0.0450. The molecule has 1 rings (SSSR count). The first kappa shape index (κ1) is 24.3. The first-order valence-corrected chi connectivity index (χ1v) is 10.4. The monoisotopic (exact) mass is 425 g/mol. The maximum Gasteiger partial charge on any atom is 0.307 e. The summed E-state index contributed by atoms with van der Waals surface area (Å²) in [4.78, 5) is 47.7. The van der Waals surface area contributed by atoms with E-state index in [0.717, 1.165) is 0 Å². The molecule has 29 heavy (non-hydrogen) atoms. The van der Waals surface area contributed by atoms with Crippen LogP contribution in [0.4, 0.5) is 0 Å². The second-order valence-corrected chi connectivity index (χ2v) is 6.92. The lowest BCUT2D eigenvalue weighted by molar-refractivity contribution is -0.140. The lowest BCUT2D eigenvalue weighted by atomic mass is 10.2. The van der Waals surface area contributed by atoms with Gasteiger partial charge in [0.1, 0.15) is 11.8 Å². The number of ether oxygens (including phenoxy) is 2. The number of amides is 3. The summed E-state index contributed by atoms with van der Waals surface area (Å²) in [5, 5.41) is 7.73. The molecule has 3 N–H and O–H groups in total. The molecule has 0 aliphatic heterocycles. The van der Waals surface area contributed by atoms with Crippen LogP contribution in [0.2, 0.25) is 0 Å². The maximum absolute atomic E-state index is 12.3. The third-order valence-electron chi connectivity index (χ3n) is 3.88. The van der Waals surface area contributed by atoms with Gasteiger partial charge in [0.2, 0.25) is 11.8 Å². The van der Waals surface area contributed by atoms with Gasteiger partial charge in [0.15, 0.2) is 0 Å². The zero-order valence-electron chi connectivity index (χ0n) is 16.8. The van der Waals surface area contributed by atoms with E-state index in [9.17, 15) is 19.2 Å². The molecule has 0 heterocycles. The van der Waals surface area contributed by atoms with Crippen LogP contribution in [-0.4, -0.2) is 69.1 Å². The van der Waals surface area contributed by atoms with Gasteiger partial charge in [-0.05, 0) is 42.7 Å². The zero-order chi connectivity index (χ0) is 21.6. The lowest BCUT2D eigenvalue weighted by Crippen LogP contribution is -2.50. The Morgan fingerprint density at radius 2 is 1.76 bits per heavy atom. The van der Waals surface area contributed by atoms with Crippen molar-refractivity contribution in [3.63, 3.8) is 0 Å². The Bertz CT molecular complexity index is 696. The van der Waals surface area contributed by atoms with E-state index in [-0.39, 0.29) is 19.5 Å². The fourth-order valence-corrected chi connectivity index (χ4v) is 2.74. The number of hydrogen-bond acceptors (Lipinski definition) is 7. The number of nitrogens with one attached hydrogen (secondary N) is 3. The number of thioether (sulfide) groups is 1. The minimum atomic E-state index is -0.759. The van der Waals surface area contributed by atoms with Crippen LogP contribution in [0.3, 0.4) is 0 Å². The normalized spacial score (nSPS) is 11.1. The number of hydrogen-bond donors (Lipinski definition) is 3. The van der Waals surface area contributed by atoms with Crippen molar-refractivity contribution in [1.29, 1.82) is 0 Å². The number of esters is 1. The topological polar surface area (TPSA) is 123 Å². The first-order valence-electron chi connectivity index (χ1n) is 8.96. The van der Waals surface area contributed by atoms with Crippen molar-refractivity contribution in [3.8, 4) is 5.75 Å². The van der Waals surface area contributed by atoms with Gasteiger partial charge in [0, 0.05) is 12.1 Å². The molecule has 0 saturated carbocycles. The molecule has 1 aromatic rings. The molecule has 10 heteroatoms. The summed E-state index contributed by atoms with van der Waals surface area (Å²) < 4.78 is 9.55. The van der Waals surface area contributed by atoms with Crippen molar-refractivity contribution in [2.24, 2.45) is 0 Å². The molecular weight excluding hydrogens is 398 g/mol. The average Bonchev–Trinajstić information content (AvgIpc) is 2.74. The molecule has 9 nitrogen and oxygen atoms in total. The molecule has 1 aromatic carbocycles. The van der Waals surface area contributed by atoms with Crippen molar-refractivity contribution in [2.45, 2.75) is 18.9 Å². The van der Waals surface area contributed by atoms with E-state index in [4.69, 9.17) is 4.74 Å². The summed E-state index contributed by atoms with van der Waals surface area (Å²) in [5.41, 5.74) is 0.387. The van der Waals surface area contributed by atoms with Crippen molar-refractivity contribution < 1.29 is 28.7 Å². The molecule has 0 aliphatic rings. The van der Waals surface area contributed by atoms with Crippen molar-refractivity contribution in [2.75, 3.05) is 39.3 Å². The van der Waals surface area contributed by atoms with Gasteiger partial charge in [0.05, 0.1) is 27.2 Å². The van der Waals surface area contributed by atoms with Gasteiger partial charge in [-0.2, -0.15) is 11.8 Å². The van der Waals surface area contributed by atoms with E-state index in [1.54, 1.807) is 24.3 Å². The molecule has 160 valence electrons. The Labute approximate surface area is 174 Å². The van der Waals surface area contributed by atoms with Crippen molar-refractivity contribution >= 4 is 35.5 Å². The van der Waals surface area contributed by atoms with Crippen LogP contribution in [-0.2, 0) is 19.1 Å². The molecule has 3 amide bonds. The van der Waals surface area contributed by atoms with E-state index >= 15 is 0 Å². The third kappa shape index (κ3) is 9.33. The van der Waals surface area contributed by atoms with E-state index in [1.807, 2.05) is 6.26 Å². The second-order valence-electron chi connectivity index (χ2n) is 5.93. The van der Waals surface area contributed by atoms with E-state index in [0.29, 0.717) is 23.5 Å². The standard InChI is InChI=1S/C19H27N3O6S/c1-27-14-6-4-13(5-7-14)18(25)21-12-16(23)22-15(9-11-29-3)19(26)20-10-8-17(24)28-2/h4-7,15H,8-12H2,1-3H3,(H,20,26)(H,21,25)(H,22,23). The fraction of sp³-hybridized carbons (Fsp3) is 0.474. The van der Waals surface area contributed by atoms with Crippen molar-refractivity contribution in [1.82, 2.24) is 16.0 Å². The molecule has 0 aromatic heterocycles. The molecule has 0 aliphatic carbocycles. The highest BCUT2D eigenvalue weighted by Gasteiger charge is 2.20. The van der Waals surface area contributed by atoms with Crippen LogP contribution in [0.1, 0.15) is 23.2 Å². The summed E-state index contributed by atoms with van der Waals surface area (Å²) in [5.74, 6) is -0.441. The number of methoxy groups -OCH3 is 2. The molecule has 0 radical (unpaired) electrons. The Hall–Kier alpha value is -2.75. The van der Waals surface area contributed by atoms with Crippen LogP contribution in [0, 0.1) is 0 Å². The number of rotatable bonds is 12. The summed E-state index contributed by atoms with van der Waals surface area (Å²) in [6, 6.07) is 5.70. The molecule has 0 fully saturated rings. The van der Waals surface area contributed by atoms with Gasteiger partial charge < -0.3 is 25.4 Å². The highest BCUT2D eigenvalue weighted by atomic mass is 32.2. The highest BCUT2D eigenvalue weighted by Crippen LogP contribution is 2.11. The van der Waals surface area contributed by atoms with E-state index < -0.39 is 29.7 Å². The van der Waals surface area contributed by atoms with Gasteiger partial charge in [-0.1, -0.05) is 0 Å². The number of benzene rings is 1. The minimum Gasteiger partial charge on any atom is -0.497 e. The van der Waals surface area contributed by atoms with Crippen molar-refractivity contribution in [3.05, 3.63) is 29.8 Å². The summed E-state index contributed by atoms with van der Waals surface area (Å²) in [6.07, 6.45) is 2.36. The first-order chi connectivity index (χ1) is 13.9. The Kier molecular flexibility index (Phi) is 11.2. The van der Waals surface area contributed by atoms with E-state index in [1.165, 1.54) is 26.0 Å². The third-order valence-corrected chi connectivity index (χ3v) is 4.52. The molecular formula is C19H27N3O6S. The molecule has 0 bridgehead atoms. The largest absolute Gasteiger partial charge is 0.497 e. The second kappa shape index (κ2) is 13.4. The lowest BCUT2D eigenvalue weighted by Gasteiger charge is -2.18. The summed E-state index contributed by atoms with van der Waals surface area (Å²) in [6.45, 7) is -0.151. The molecule has 1 unspecified atom stereocenters. The highest BCUT2D eigenvalue weighted by molar-refractivity contribution is 7.98. The maximum atomic E-state index is 12.3. The molecule has 0 spiro atoms. The predicted molar refractivity (Wildman–Crippen MR) is 110 cm³/mol. The van der Waals surface area contributed by atoms with Gasteiger partial charge >= 0.3 is 5.97 Å².